The number of carbonyl (C=O) groups excluding carboxylic acids is 2. The van der Waals surface area contributed by atoms with Gasteiger partial charge >= 0.3 is 63.2 Å². The van der Waals surface area contributed by atoms with Crippen molar-refractivity contribution in [1.29, 1.82) is 0 Å². The number of nitrogens with zero attached hydrogens (tertiary/aromatic N) is 4. The summed E-state index contributed by atoms with van der Waals surface area (Å²) in [5, 5.41) is 24.5. The number of rotatable bonds is 6. The predicted molar refractivity (Wildman–Crippen MR) is 106 cm³/mol. The van der Waals surface area contributed by atoms with Gasteiger partial charge in [-0.15, -0.1) is 10.2 Å². The number of nitrogens with one attached hydrogen (secondary N) is 2. The van der Waals surface area contributed by atoms with E-state index in [2.05, 4.69) is 25.8 Å². The van der Waals surface area contributed by atoms with E-state index in [-0.39, 0.29) is 68.4 Å². The van der Waals surface area contributed by atoms with Crippen molar-refractivity contribution in [3.05, 3.63) is 69.3 Å². The molecule has 0 aliphatic heterocycles. The van der Waals surface area contributed by atoms with Crippen molar-refractivity contribution in [1.82, 2.24) is 30.4 Å². The Bertz CT molecular complexity index is 1340. The number of halogens is 1. The Labute approximate surface area is 234 Å². The number of aryl methyl sites for hydroxylation is 1. The van der Waals surface area contributed by atoms with Crippen LogP contribution in [0.1, 0.15) is 56.4 Å². The van der Waals surface area contributed by atoms with Crippen molar-refractivity contribution in [2.24, 2.45) is 6.98 Å². The molecule has 11 nitrogen and oxygen atoms in total. The van der Waals surface area contributed by atoms with E-state index in [1.807, 2.05) is 0 Å². The largest absolute Gasteiger partial charge is 1.00 e. The molecule has 1 aromatic carbocycles. The van der Waals surface area contributed by atoms with Crippen LogP contribution in [0.3, 0.4) is 0 Å². The van der Waals surface area contributed by atoms with Gasteiger partial charge in [-0.2, -0.15) is 0 Å². The predicted octanol–water partition coefficient (Wildman–Crippen LogP) is -2.72. The molecule has 0 saturated carbocycles. The van der Waals surface area contributed by atoms with Crippen LogP contribution in [0, 0.1) is 12.7 Å². The fourth-order valence-electron chi connectivity index (χ4n) is 2.73. The molecule has 0 radical (unpaired) electrons. The third kappa shape index (κ3) is 6.12. The van der Waals surface area contributed by atoms with E-state index in [4.69, 9.17) is 8.53 Å². The molecule has 0 aliphatic carbocycles. The minimum atomic E-state index is -3.16. The summed E-state index contributed by atoms with van der Waals surface area (Å²) in [5.41, 5.74) is -3.61. The summed E-state index contributed by atoms with van der Waals surface area (Å²) in [7, 11) is 0. The maximum atomic E-state index is 13.1. The van der Waals surface area contributed by atoms with Crippen LogP contribution < -0.4 is 72.7 Å². The number of carbonyl (C=O) groups is 2. The van der Waals surface area contributed by atoms with Crippen molar-refractivity contribution in [3.8, 4) is 5.75 Å². The van der Waals surface area contributed by atoms with Crippen molar-refractivity contribution >= 4 is 11.8 Å². The Morgan fingerprint density at radius 3 is 2.48 bits per heavy atom. The normalized spacial score (nSPS) is 12.7. The first-order valence-electron chi connectivity index (χ1n) is 10.7. The van der Waals surface area contributed by atoms with Gasteiger partial charge in [0.1, 0.15) is 17.3 Å². The van der Waals surface area contributed by atoms with Gasteiger partial charge in [-0.1, -0.05) is 12.1 Å². The molecular formula is C20H20FKN6O5. The first-order valence-corrected chi connectivity index (χ1v) is 9.21. The van der Waals surface area contributed by atoms with Crippen molar-refractivity contribution in [3.63, 3.8) is 0 Å². The van der Waals surface area contributed by atoms with Crippen LogP contribution in [0.25, 0.3) is 0 Å². The monoisotopic (exact) mass is 485 g/mol. The molecule has 0 spiro atoms. The maximum absolute atomic E-state index is 13.1. The zero-order valence-corrected chi connectivity index (χ0v) is 21.3. The van der Waals surface area contributed by atoms with Crippen LogP contribution in [0.5, 0.6) is 5.75 Å². The van der Waals surface area contributed by atoms with Gasteiger partial charge < -0.3 is 20.2 Å². The zero-order chi connectivity index (χ0) is 26.1. The van der Waals surface area contributed by atoms with Gasteiger partial charge in [0, 0.05) is 24.6 Å². The molecule has 0 fully saturated rings. The van der Waals surface area contributed by atoms with Crippen LogP contribution in [0.15, 0.2) is 33.5 Å². The van der Waals surface area contributed by atoms with E-state index in [1.165, 1.54) is 45.0 Å². The third-order valence-electron chi connectivity index (χ3n) is 4.33. The molecule has 0 bridgehead atoms. The Morgan fingerprint density at radius 2 is 1.91 bits per heavy atom. The summed E-state index contributed by atoms with van der Waals surface area (Å²) in [6.07, 6.45) is 0. The molecule has 0 unspecified atom stereocenters. The topological polar surface area (TPSA) is 155 Å². The first-order chi connectivity index (χ1) is 16.2. The molecule has 0 saturated heterocycles. The van der Waals surface area contributed by atoms with Gasteiger partial charge in [-0.25, -0.2) is 9.37 Å². The fraction of sp³-hybridized carbons (Fsp3) is 0.300. The molecule has 0 atom stereocenters. The number of hydrogen-bond donors (Lipinski definition) is 2. The van der Waals surface area contributed by atoms with Crippen LogP contribution in [0.2, 0.25) is 0 Å². The summed E-state index contributed by atoms with van der Waals surface area (Å²) in [6.45, 7) is 0.775. The smallest absolute Gasteiger partial charge is 0.867 e. The van der Waals surface area contributed by atoms with Crippen molar-refractivity contribution in [2.45, 2.75) is 32.9 Å². The molecule has 0 aliphatic rings. The molecule has 3 aromatic rings. The SMILES string of the molecule is [2H]C([2H])([2H])n1c(C(C)(C)NC(=O)c2nnc(C)o2)nc(C(=O)NCc2ccc(F)cc2)c([O-])c1=O.[K+]. The zero-order valence-electron chi connectivity index (χ0n) is 21.2. The Morgan fingerprint density at radius 1 is 1.24 bits per heavy atom. The summed E-state index contributed by atoms with van der Waals surface area (Å²) in [5.74, 6) is -4.82. The van der Waals surface area contributed by atoms with Gasteiger partial charge in [-0.05, 0) is 37.3 Å². The summed E-state index contributed by atoms with van der Waals surface area (Å²) >= 11 is 0. The Kier molecular flexibility index (Phi) is 7.21. The van der Waals surface area contributed by atoms with Crippen molar-refractivity contribution < 1.29 is 79.0 Å². The minimum Gasteiger partial charge on any atom is -0.867 e. The van der Waals surface area contributed by atoms with E-state index < -0.39 is 58.9 Å². The second kappa shape index (κ2) is 10.7. The fourth-order valence-corrected chi connectivity index (χ4v) is 2.73. The first kappa shape index (κ1) is 22.3. The molecule has 2 N–H and O–H groups in total. The van der Waals surface area contributed by atoms with Crippen LogP contribution >= 0.6 is 0 Å². The molecule has 33 heavy (non-hydrogen) atoms. The van der Waals surface area contributed by atoms with E-state index in [1.54, 1.807) is 0 Å². The van der Waals surface area contributed by atoms with Gasteiger partial charge in [0.2, 0.25) is 11.4 Å². The summed E-state index contributed by atoms with van der Waals surface area (Å²) in [6, 6.07) is 5.14. The van der Waals surface area contributed by atoms with Gasteiger partial charge in [-0.3, -0.25) is 19.0 Å². The number of benzene rings is 1. The van der Waals surface area contributed by atoms with E-state index in [0.29, 0.717) is 5.56 Å². The quantitative estimate of drug-likeness (QED) is 0.357. The standard InChI is InChI=1S/C20H21FN6O5.K/c1-10-25-26-17(32-10)16(30)24-20(2,3)19-23-13(14(28)18(31)27(19)4)15(29)22-9-11-5-7-12(21)8-6-11;/h5-8,28H,9H2,1-4H3,(H,22,29)(H,24,30);/q;+1/p-1/i4D3;. The van der Waals surface area contributed by atoms with E-state index in [0.717, 1.165) is 0 Å². The van der Waals surface area contributed by atoms with Gasteiger partial charge in [0.25, 0.3) is 5.91 Å². The molecule has 168 valence electrons. The average molecular weight is 486 g/mol. The second-order valence-electron chi connectivity index (χ2n) is 7.27. The molecule has 3 rings (SSSR count). The molecule has 2 heterocycles. The van der Waals surface area contributed by atoms with E-state index >= 15 is 0 Å². The van der Waals surface area contributed by atoms with Gasteiger partial charge in [0.05, 0.1) is 5.54 Å². The molecule has 13 heteroatoms. The van der Waals surface area contributed by atoms with Crippen LogP contribution in [-0.2, 0) is 19.1 Å². The van der Waals surface area contributed by atoms with Crippen molar-refractivity contribution in [2.75, 3.05) is 0 Å². The number of aromatic nitrogens is 4. The summed E-state index contributed by atoms with van der Waals surface area (Å²) < 4.78 is 41.4. The number of hydrogen-bond acceptors (Lipinski definition) is 8. The minimum absolute atomic E-state index is 0. The maximum Gasteiger partial charge on any atom is 1.00 e. The molecular weight excluding hydrogens is 462 g/mol. The van der Waals surface area contributed by atoms with Crippen LogP contribution in [-0.4, -0.2) is 31.6 Å². The second-order valence-corrected chi connectivity index (χ2v) is 7.27. The molecule has 2 amide bonds. The molecule has 2 aromatic heterocycles. The third-order valence-corrected chi connectivity index (χ3v) is 4.33. The number of amides is 2. The Hall–Kier alpha value is -2.45. The van der Waals surface area contributed by atoms with E-state index in [9.17, 15) is 23.9 Å². The van der Waals surface area contributed by atoms with Crippen LogP contribution in [0.4, 0.5) is 4.39 Å². The van der Waals surface area contributed by atoms with Gasteiger partial charge in [0.15, 0.2) is 0 Å². The average Bonchev–Trinajstić information content (AvgIpc) is 3.20. The summed E-state index contributed by atoms with van der Waals surface area (Å²) in [4.78, 5) is 41.9. The Balaban J connectivity index is 0.00000456.